The van der Waals surface area contributed by atoms with Crippen molar-refractivity contribution in [3.63, 3.8) is 0 Å². The van der Waals surface area contributed by atoms with E-state index in [0.717, 1.165) is 23.9 Å². The maximum Gasteiger partial charge on any atom is 0.338 e. The number of nitrogens with zero attached hydrogens (tertiary/aromatic N) is 3. The van der Waals surface area contributed by atoms with E-state index in [2.05, 4.69) is 6.07 Å². The van der Waals surface area contributed by atoms with Gasteiger partial charge in [-0.2, -0.15) is 5.26 Å². The summed E-state index contributed by atoms with van der Waals surface area (Å²) in [6.07, 6.45) is 5.17. The third-order valence-electron chi connectivity index (χ3n) is 5.98. The van der Waals surface area contributed by atoms with Crippen molar-refractivity contribution in [2.75, 3.05) is 10.8 Å². The number of hydrogen-bond acceptors (Lipinski definition) is 5. The number of para-hydroxylation sites is 1. The molecule has 3 heterocycles. The van der Waals surface area contributed by atoms with Gasteiger partial charge in [-0.1, -0.05) is 24.3 Å². The second kappa shape index (κ2) is 8.69. The molecule has 0 saturated carbocycles. The van der Waals surface area contributed by atoms with Gasteiger partial charge in [0, 0.05) is 24.5 Å². The number of rotatable bonds is 5. The van der Waals surface area contributed by atoms with Crippen LogP contribution in [0.25, 0.3) is 5.52 Å². The first-order valence-corrected chi connectivity index (χ1v) is 12.3. The van der Waals surface area contributed by atoms with Crippen molar-refractivity contribution in [2.24, 2.45) is 0 Å². The Morgan fingerprint density at radius 3 is 2.59 bits per heavy atom. The highest BCUT2D eigenvalue weighted by Gasteiger charge is 2.29. The summed E-state index contributed by atoms with van der Waals surface area (Å²) in [7, 11) is -3.75. The molecule has 0 amide bonds. The van der Waals surface area contributed by atoms with E-state index in [1.54, 1.807) is 10.6 Å². The van der Waals surface area contributed by atoms with Gasteiger partial charge in [0.25, 0.3) is 10.0 Å². The maximum absolute atomic E-state index is 13.3. The zero-order valence-electron chi connectivity index (χ0n) is 18.2. The molecule has 0 bridgehead atoms. The van der Waals surface area contributed by atoms with E-state index in [-0.39, 0.29) is 17.1 Å². The molecule has 1 aliphatic rings. The number of ether oxygens (including phenoxy) is 1. The minimum absolute atomic E-state index is 0.0615. The van der Waals surface area contributed by atoms with Gasteiger partial charge in [-0.3, -0.25) is 4.31 Å². The molecular weight excluding hydrogens is 450 g/mol. The van der Waals surface area contributed by atoms with Crippen LogP contribution >= 0.6 is 0 Å². The van der Waals surface area contributed by atoms with Gasteiger partial charge in [-0.25, -0.2) is 13.2 Å². The van der Waals surface area contributed by atoms with E-state index in [4.69, 9.17) is 4.74 Å². The number of esters is 1. The van der Waals surface area contributed by atoms with Crippen LogP contribution in [0.1, 0.15) is 33.5 Å². The predicted molar refractivity (Wildman–Crippen MR) is 127 cm³/mol. The highest BCUT2D eigenvalue weighted by atomic mass is 32.2. The van der Waals surface area contributed by atoms with E-state index in [1.807, 2.05) is 48.7 Å². The molecule has 170 valence electrons. The summed E-state index contributed by atoms with van der Waals surface area (Å²) < 4.78 is 35.2. The van der Waals surface area contributed by atoms with Crippen LogP contribution in [0.4, 0.5) is 5.69 Å². The molecule has 2 aromatic carbocycles. The number of benzene rings is 2. The zero-order chi connectivity index (χ0) is 23.7. The van der Waals surface area contributed by atoms with Crippen LogP contribution < -0.4 is 4.31 Å². The summed E-state index contributed by atoms with van der Waals surface area (Å²) in [6, 6.07) is 20.9. The highest BCUT2D eigenvalue weighted by Crippen LogP contribution is 2.31. The maximum atomic E-state index is 13.3. The average Bonchev–Trinajstić information content (AvgIpc) is 3.24. The molecule has 34 heavy (non-hydrogen) atoms. The molecule has 0 N–H and O–H groups in total. The minimum Gasteiger partial charge on any atom is -0.457 e. The van der Waals surface area contributed by atoms with Gasteiger partial charge in [-0.15, -0.1) is 0 Å². The van der Waals surface area contributed by atoms with Crippen molar-refractivity contribution < 1.29 is 17.9 Å². The predicted octanol–water partition coefficient (Wildman–Crippen LogP) is 4.31. The second-order valence-electron chi connectivity index (χ2n) is 8.04. The number of anilines is 1. The molecule has 0 atom stereocenters. The lowest BCUT2D eigenvalue weighted by Crippen LogP contribution is -2.35. The van der Waals surface area contributed by atoms with Crippen LogP contribution in [0.5, 0.6) is 0 Å². The Morgan fingerprint density at radius 1 is 1.03 bits per heavy atom. The lowest BCUT2D eigenvalue weighted by Gasteiger charge is -2.30. The van der Waals surface area contributed by atoms with Crippen LogP contribution in [0.2, 0.25) is 0 Å². The van der Waals surface area contributed by atoms with Crippen LogP contribution in [-0.2, 0) is 27.8 Å². The van der Waals surface area contributed by atoms with Gasteiger partial charge < -0.3 is 9.14 Å². The number of nitriles is 1. The number of aromatic nitrogens is 1. The van der Waals surface area contributed by atoms with Crippen LogP contribution in [0, 0.1) is 11.3 Å². The molecule has 0 radical (unpaired) electrons. The first-order chi connectivity index (χ1) is 16.5. The van der Waals surface area contributed by atoms with E-state index in [0.29, 0.717) is 23.4 Å². The number of hydrogen-bond donors (Lipinski definition) is 0. The molecule has 2 aromatic heterocycles. The number of carbonyl (C=O) groups is 1. The molecular formula is C26H21N3O4S. The van der Waals surface area contributed by atoms with Crippen molar-refractivity contribution in [1.29, 1.82) is 5.26 Å². The molecule has 0 unspecified atom stereocenters. The third kappa shape index (κ3) is 3.80. The van der Waals surface area contributed by atoms with Crippen molar-refractivity contribution in [2.45, 2.75) is 24.3 Å². The number of aryl methyl sites for hydroxylation is 1. The average molecular weight is 472 g/mol. The first-order valence-electron chi connectivity index (χ1n) is 10.9. The van der Waals surface area contributed by atoms with Crippen molar-refractivity contribution >= 4 is 27.2 Å². The number of pyridine rings is 1. The Balaban J connectivity index is 1.33. The van der Waals surface area contributed by atoms with Gasteiger partial charge in [0.05, 0.1) is 27.2 Å². The number of fused-ring (bicyclic) bond motifs is 2. The smallest absolute Gasteiger partial charge is 0.338 e. The van der Waals surface area contributed by atoms with Gasteiger partial charge in [-0.05, 0) is 60.9 Å². The molecule has 8 heteroatoms. The summed E-state index contributed by atoms with van der Waals surface area (Å²) in [5, 5.41) is 9.50. The molecule has 1 aliphatic heterocycles. The monoisotopic (exact) mass is 471 g/mol. The van der Waals surface area contributed by atoms with Gasteiger partial charge in [0.1, 0.15) is 12.7 Å². The molecule has 0 spiro atoms. The van der Waals surface area contributed by atoms with Crippen LogP contribution in [0.3, 0.4) is 0 Å². The Labute approximate surface area is 197 Å². The molecule has 7 nitrogen and oxygen atoms in total. The molecule has 0 saturated heterocycles. The van der Waals surface area contributed by atoms with Gasteiger partial charge >= 0.3 is 5.97 Å². The quantitative estimate of drug-likeness (QED) is 0.405. The fraction of sp³-hybridized carbons (Fsp3) is 0.154. The minimum atomic E-state index is -3.75. The Bertz CT molecular complexity index is 1530. The summed E-state index contributed by atoms with van der Waals surface area (Å²) in [4.78, 5) is 12.7. The lowest BCUT2D eigenvalue weighted by molar-refractivity contribution is 0.0472. The first kappa shape index (κ1) is 21.7. The summed E-state index contributed by atoms with van der Waals surface area (Å²) in [6.45, 7) is 0.352. The highest BCUT2D eigenvalue weighted by molar-refractivity contribution is 7.92. The van der Waals surface area contributed by atoms with Crippen molar-refractivity contribution in [3.05, 3.63) is 101 Å². The lowest BCUT2D eigenvalue weighted by atomic mass is 10.0. The van der Waals surface area contributed by atoms with Crippen LogP contribution in [-0.4, -0.2) is 25.3 Å². The standard InChI is InChI=1S/C26H21N3O4S/c27-16-23-21(17-28-14-4-3-9-25(23)28)18-33-26(30)20-10-12-22(13-11-20)34(31,32)29-15-5-7-19-6-1-2-8-24(19)29/h1-4,6,8-14,17H,5,7,15,18H2. The number of sulfonamides is 1. The van der Waals surface area contributed by atoms with Crippen molar-refractivity contribution in [3.8, 4) is 6.07 Å². The normalized spacial score (nSPS) is 13.3. The van der Waals surface area contributed by atoms with E-state index >= 15 is 0 Å². The SMILES string of the molecule is N#Cc1c(COC(=O)c2ccc(S(=O)(=O)N3CCCc4ccccc43)cc2)cn2ccccc12. The zero-order valence-corrected chi connectivity index (χ0v) is 19.0. The molecule has 0 aliphatic carbocycles. The van der Waals surface area contributed by atoms with E-state index < -0.39 is 16.0 Å². The Morgan fingerprint density at radius 2 is 1.79 bits per heavy atom. The van der Waals surface area contributed by atoms with Crippen LogP contribution in [0.15, 0.2) is 84.0 Å². The van der Waals surface area contributed by atoms with Crippen molar-refractivity contribution in [1.82, 2.24) is 4.40 Å². The van der Waals surface area contributed by atoms with Gasteiger partial charge in [0.15, 0.2) is 0 Å². The largest absolute Gasteiger partial charge is 0.457 e. The fourth-order valence-corrected chi connectivity index (χ4v) is 5.82. The molecule has 5 rings (SSSR count). The third-order valence-corrected chi connectivity index (χ3v) is 7.81. The summed E-state index contributed by atoms with van der Waals surface area (Å²) in [5.41, 5.74) is 3.74. The number of carbonyl (C=O) groups excluding carboxylic acids is 1. The van der Waals surface area contributed by atoms with E-state index in [1.165, 1.54) is 28.6 Å². The Kier molecular flexibility index (Phi) is 5.56. The van der Waals surface area contributed by atoms with E-state index in [9.17, 15) is 18.5 Å². The second-order valence-corrected chi connectivity index (χ2v) is 9.91. The molecule has 4 aromatic rings. The fourth-order valence-electron chi connectivity index (χ4n) is 4.28. The molecule has 0 fully saturated rings. The van der Waals surface area contributed by atoms with Gasteiger partial charge in [0.2, 0.25) is 0 Å². The summed E-state index contributed by atoms with van der Waals surface area (Å²) in [5.74, 6) is -0.591. The Hall–Kier alpha value is -4.09. The topological polar surface area (TPSA) is 91.9 Å². The summed E-state index contributed by atoms with van der Waals surface area (Å²) >= 11 is 0.